The lowest BCUT2D eigenvalue weighted by Crippen LogP contribution is -2.50. The van der Waals surface area contributed by atoms with E-state index in [4.69, 9.17) is 0 Å². The fourth-order valence-corrected chi connectivity index (χ4v) is 7.75. The standard InChI is InChI=1S/C34H24N6O8/c41-31-25-27(19-11-15-23(16-12-19)39(45)46)38-30-26(32(42)36(34(30)44)22-9-5-2-6-10-22)28(20-13-17-24(18-14-20)40(47)48)37(38)29(25)33(43)35(31)21-7-3-1-4-8-21/h1-18,25-30H. The number of nitrogens with zero attached hydrogens (tertiary/aromatic N) is 6. The van der Waals surface area contributed by atoms with Gasteiger partial charge in [0.1, 0.15) is 12.1 Å². The van der Waals surface area contributed by atoms with E-state index >= 15 is 0 Å². The largest absolute Gasteiger partial charge is 0.274 e. The number of anilines is 2. The molecule has 4 amide bonds. The Balaban J connectivity index is 1.34. The van der Waals surface area contributed by atoms with Crippen molar-refractivity contribution in [3.8, 4) is 0 Å². The number of para-hydroxylation sites is 2. The molecule has 0 aliphatic carbocycles. The molecule has 238 valence electrons. The van der Waals surface area contributed by atoms with Gasteiger partial charge in [-0.2, -0.15) is 0 Å². The summed E-state index contributed by atoms with van der Waals surface area (Å²) in [7, 11) is 0. The van der Waals surface area contributed by atoms with E-state index in [2.05, 4.69) is 0 Å². The smallest absolute Gasteiger partial charge is 0.269 e. The second-order valence-corrected chi connectivity index (χ2v) is 12.0. The number of hydrazine groups is 1. The van der Waals surface area contributed by atoms with E-state index < -0.39 is 69.5 Å². The summed E-state index contributed by atoms with van der Waals surface area (Å²) in [5.41, 5.74) is 1.21. The molecular weight excluding hydrogens is 620 g/mol. The van der Waals surface area contributed by atoms with Gasteiger partial charge in [0.25, 0.3) is 23.2 Å². The van der Waals surface area contributed by atoms with E-state index in [0.717, 1.165) is 9.80 Å². The van der Waals surface area contributed by atoms with Crippen LogP contribution in [0.1, 0.15) is 23.2 Å². The number of benzene rings is 4. The van der Waals surface area contributed by atoms with Crippen LogP contribution in [0.15, 0.2) is 109 Å². The number of fused-ring (bicyclic) bond motifs is 5. The molecule has 6 atom stereocenters. The highest BCUT2D eigenvalue weighted by atomic mass is 16.6. The van der Waals surface area contributed by atoms with Crippen molar-refractivity contribution in [2.75, 3.05) is 9.80 Å². The van der Waals surface area contributed by atoms with Gasteiger partial charge < -0.3 is 0 Å². The molecule has 4 aromatic rings. The van der Waals surface area contributed by atoms with Crippen molar-refractivity contribution in [1.82, 2.24) is 10.0 Å². The van der Waals surface area contributed by atoms with Crippen LogP contribution in [0.3, 0.4) is 0 Å². The van der Waals surface area contributed by atoms with Crippen molar-refractivity contribution in [2.45, 2.75) is 24.2 Å². The van der Waals surface area contributed by atoms with Crippen LogP contribution in [-0.2, 0) is 19.2 Å². The van der Waals surface area contributed by atoms with Crippen molar-refractivity contribution >= 4 is 46.4 Å². The van der Waals surface area contributed by atoms with Gasteiger partial charge in [-0.05, 0) is 35.4 Å². The Morgan fingerprint density at radius 1 is 0.438 bits per heavy atom. The number of nitro benzene ring substituents is 2. The monoisotopic (exact) mass is 644 g/mol. The molecule has 14 heteroatoms. The Kier molecular flexibility index (Phi) is 6.54. The van der Waals surface area contributed by atoms with Crippen molar-refractivity contribution in [3.05, 3.63) is 141 Å². The zero-order valence-corrected chi connectivity index (χ0v) is 24.8. The van der Waals surface area contributed by atoms with Gasteiger partial charge in [0.05, 0.1) is 45.1 Å². The van der Waals surface area contributed by atoms with Crippen LogP contribution in [0.25, 0.3) is 0 Å². The summed E-state index contributed by atoms with van der Waals surface area (Å²) in [4.78, 5) is 81.7. The minimum absolute atomic E-state index is 0.185. The topological polar surface area (TPSA) is 168 Å². The van der Waals surface area contributed by atoms with Crippen LogP contribution in [-0.4, -0.2) is 55.6 Å². The molecule has 0 N–H and O–H groups in total. The van der Waals surface area contributed by atoms with Crippen LogP contribution < -0.4 is 9.80 Å². The van der Waals surface area contributed by atoms with Crippen LogP contribution in [0.2, 0.25) is 0 Å². The SMILES string of the molecule is O=C1C2C(C(=O)N1c1ccccc1)N1C(c3ccc([N+](=O)[O-])cc3)C3C(=O)N(c4ccccc4)C(=O)C3N1C2c1ccc([N+](=O)[O-])cc1. The van der Waals surface area contributed by atoms with Gasteiger partial charge >= 0.3 is 0 Å². The molecule has 4 fully saturated rings. The maximum atomic E-state index is 14.4. The van der Waals surface area contributed by atoms with E-state index in [0.29, 0.717) is 22.5 Å². The Morgan fingerprint density at radius 2 is 0.771 bits per heavy atom. The average molecular weight is 645 g/mol. The van der Waals surface area contributed by atoms with Gasteiger partial charge in [-0.25, -0.2) is 19.8 Å². The molecule has 4 aliphatic heterocycles. The van der Waals surface area contributed by atoms with E-state index in [1.165, 1.54) is 48.5 Å². The third kappa shape index (κ3) is 4.06. The third-order valence-corrected chi connectivity index (χ3v) is 9.64. The molecule has 14 nitrogen and oxygen atoms in total. The highest BCUT2D eigenvalue weighted by Crippen LogP contribution is 2.59. The third-order valence-electron chi connectivity index (χ3n) is 9.64. The summed E-state index contributed by atoms with van der Waals surface area (Å²) in [5, 5.41) is 26.3. The average Bonchev–Trinajstić information content (AvgIpc) is 3.77. The molecule has 0 radical (unpaired) electrons. The zero-order valence-electron chi connectivity index (χ0n) is 24.8. The maximum Gasteiger partial charge on any atom is 0.269 e. The van der Waals surface area contributed by atoms with Crippen LogP contribution in [0, 0.1) is 32.1 Å². The van der Waals surface area contributed by atoms with Crippen molar-refractivity contribution in [3.63, 3.8) is 0 Å². The lowest BCUT2D eigenvalue weighted by molar-refractivity contribution is -0.385. The molecular formula is C34H24N6O8. The van der Waals surface area contributed by atoms with Crippen LogP contribution in [0.4, 0.5) is 22.7 Å². The number of imide groups is 2. The minimum Gasteiger partial charge on any atom is -0.274 e. The summed E-state index contributed by atoms with van der Waals surface area (Å²) < 4.78 is 0. The fraction of sp³-hybridized carbons (Fsp3) is 0.176. The number of rotatable bonds is 6. The minimum atomic E-state index is -1.16. The quantitative estimate of drug-likeness (QED) is 0.170. The summed E-state index contributed by atoms with van der Waals surface area (Å²) in [6.07, 6.45) is 0. The molecule has 0 saturated carbocycles. The second-order valence-electron chi connectivity index (χ2n) is 12.0. The van der Waals surface area contributed by atoms with Gasteiger partial charge in [0.15, 0.2) is 0 Å². The first kappa shape index (κ1) is 29.3. The predicted octanol–water partition coefficient (Wildman–Crippen LogP) is 3.95. The highest BCUT2D eigenvalue weighted by Gasteiger charge is 2.73. The van der Waals surface area contributed by atoms with E-state index in [1.54, 1.807) is 70.7 Å². The number of carbonyl (C=O) groups excluding carboxylic acids is 4. The van der Waals surface area contributed by atoms with E-state index in [-0.39, 0.29) is 11.4 Å². The molecule has 0 aromatic heterocycles. The molecule has 6 unspecified atom stereocenters. The molecule has 4 saturated heterocycles. The van der Waals surface area contributed by atoms with Gasteiger partial charge in [-0.3, -0.25) is 39.4 Å². The Bertz CT molecular complexity index is 1880. The molecule has 0 bridgehead atoms. The molecule has 0 spiro atoms. The first-order valence-corrected chi connectivity index (χ1v) is 15.1. The number of hydrogen-bond donors (Lipinski definition) is 0. The number of non-ortho nitro benzene ring substituents is 2. The van der Waals surface area contributed by atoms with E-state index in [9.17, 15) is 39.4 Å². The highest BCUT2D eigenvalue weighted by molar-refractivity contribution is 6.26. The normalized spacial score (nSPS) is 26.6. The van der Waals surface area contributed by atoms with Gasteiger partial charge in [-0.1, -0.05) is 60.7 Å². The first-order valence-electron chi connectivity index (χ1n) is 15.1. The maximum absolute atomic E-state index is 14.4. The Hall–Kier alpha value is -6.12. The molecule has 48 heavy (non-hydrogen) atoms. The van der Waals surface area contributed by atoms with Crippen LogP contribution >= 0.6 is 0 Å². The Labute approximate surface area is 271 Å². The molecule has 4 heterocycles. The predicted molar refractivity (Wildman–Crippen MR) is 168 cm³/mol. The van der Waals surface area contributed by atoms with E-state index in [1.807, 2.05) is 0 Å². The van der Waals surface area contributed by atoms with Gasteiger partial charge in [0.2, 0.25) is 11.8 Å². The summed E-state index contributed by atoms with van der Waals surface area (Å²) in [6.45, 7) is 0. The van der Waals surface area contributed by atoms with Crippen molar-refractivity contribution in [1.29, 1.82) is 0 Å². The molecule has 8 rings (SSSR count). The molecule has 4 aromatic carbocycles. The Morgan fingerprint density at radius 3 is 1.08 bits per heavy atom. The first-order chi connectivity index (χ1) is 23.2. The lowest BCUT2D eigenvalue weighted by atomic mass is 9.84. The number of carbonyl (C=O) groups is 4. The van der Waals surface area contributed by atoms with Gasteiger partial charge in [0, 0.05) is 24.3 Å². The van der Waals surface area contributed by atoms with Crippen molar-refractivity contribution in [2.24, 2.45) is 11.8 Å². The van der Waals surface area contributed by atoms with Crippen molar-refractivity contribution < 1.29 is 29.0 Å². The summed E-state index contributed by atoms with van der Waals surface area (Å²) >= 11 is 0. The zero-order chi connectivity index (χ0) is 33.4. The molecule has 4 aliphatic rings. The number of amides is 4. The van der Waals surface area contributed by atoms with Gasteiger partial charge in [-0.15, -0.1) is 0 Å². The fourth-order valence-electron chi connectivity index (χ4n) is 7.75. The summed E-state index contributed by atoms with van der Waals surface area (Å²) in [6, 6.07) is 23.7. The lowest BCUT2D eigenvalue weighted by Gasteiger charge is -2.35. The second kappa shape index (κ2) is 10.7. The number of hydrogen-bond acceptors (Lipinski definition) is 10. The summed E-state index contributed by atoms with van der Waals surface area (Å²) in [5.74, 6) is -4.28. The number of nitro groups is 2. The van der Waals surface area contributed by atoms with Crippen LogP contribution in [0.5, 0.6) is 0 Å².